The monoisotopic (exact) mass is 432 g/mol. The third kappa shape index (κ3) is 10.4. The van der Waals surface area contributed by atoms with Crippen molar-refractivity contribution < 1.29 is 44.1 Å². The summed E-state index contributed by atoms with van der Waals surface area (Å²) in [6.07, 6.45) is -1.04. The molecule has 0 aliphatic heterocycles. The second-order valence-electron chi connectivity index (χ2n) is 6.68. The first-order chi connectivity index (χ1) is 13.9. The van der Waals surface area contributed by atoms with Crippen LogP contribution in [0.4, 0.5) is 0 Å². The minimum atomic E-state index is -1.50. The number of nitrogens with two attached hydrogens (primary N) is 1. The highest BCUT2D eigenvalue weighted by molar-refractivity contribution is 5.94. The van der Waals surface area contributed by atoms with Crippen LogP contribution < -0.4 is 21.7 Å². The van der Waals surface area contributed by atoms with Gasteiger partial charge in [0, 0.05) is 6.42 Å². The van der Waals surface area contributed by atoms with Gasteiger partial charge in [-0.3, -0.25) is 24.0 Å². The zero-order valence-corrected chi connectivity index (χ0v) is 16.7. The number of amides is 3. The number of rotatable bonds is 14. The van der Waals surface area contributed by atoms with Crippen molar-refractivity contribution in [3.8, 4) is 0 Å². The Morgan fingerprint density at radius 1 is 0.900 bits per heavy atom. The number of nitrogens with one attached hydrogen (secondary N) is 3. The first-order valence-electron chi connectivity index (χ1n) is 9.18. The van der Waals surface area contributed by atoms with E-state index in [1.54, 1.807) is 13.8 Å². The van der Waals surface area contributed by atoms with Gasteiger partial charge in [-0.15, -0.1) is 0 Å². The van der Waals surface area contributed by atoms with Crippen LogP contribution in [-0.2, 0) is 28.8 Å². The van der Waals surface area contributed by atoms with Crippen molar-refractivity contribution in [2.75, 3.05) is 6.54 Å². The Hall–Kier alpha value is -3.22. The van der Waals surface area contributed by atoms with Gasteiger partial charge in [-0.25, -0.2) is 4.79 Å². The van der Waals surface area contributed by atoms with Gasteiger partial charge >= 0.3 is 17.9 Å². The largest absolute Gasteiger partial charge is 0.481 e. The van der Waals surface area contributed by atoms with E-state index in [4.69, 9.17) is 21.1 Å². The summed E-state index contributed by atoms with van der Waals surface area (Å²) >= 11 is 0. The summed E-state index contributed by atoms with van der Waals surface area (Å²) in [5, 5.41) is 32.9. The molecular formula is C17H28N4O9. The molecule has 3 amide bonds. The molecule has 0 heterocycles. The normalized spacial score (nSPS) is 14.5. The molecule has 0 bridgehead atoms. The summed E-state index contributed by atoms with van der Waals surface area (Å²) in [5.74, 6) is -6.93. The highest BCUT2D eigenvalue weighted by Crippen LogP contribution is 2.06. The van der Waals surface area contributed by atoms with Crippen LogP contribution in [-0.4, -0.2) is 75.6 Å². The van der Waals surface area contributed by atoms with Crippen LogP contribution in [0, 0.1) is 5.92 Å². The zero-order chi connectivity index (χ0) is 23.4. The van der Waals surface area contributed by atoms with Crippen LogP contribution >= 0.6 is 0 Å². The third-order valence-corrected chi connectivity index (χ3v) is 4.27. The molecule has 0 aromatic carbocycles. The van der Waals surface area contributed by atoms with Crippen molar-refractivity contribution in [1.82, 2.24) is 16.0 Å². The third-order valence-electron chi connectivity index (χ3n) is 4.27. The van der Waals surface area contributed by atoms with Crippen molar-refractivity contribution in [1.29, 1.82) is 0 Å². The molecule has 0 aromatic rings. The molecule has 13 nitrogen and oxygen atoms in total. The maximum Gasteiger partial charge on any atom is 0.326 e. The van der Waals surface area contributed by atoms with E-state index in [0.29, 0.717) is 6.42 Å². The van der Waals surface area contributed by atoms with Crippen LogP contribution in [0.3, 0.4) is 0 Å². The average molecular weight is 432 g/mol. The molecule has 8 N–H and O–H groups in total. The van der Waals surface area contributed by atoms with Gasteiger partial charge in [-0.05, 0) is 12.3 Å². The maximum absolute atomic E-state index is 12.2. The summed E-state index contributed by atoms with van der Waals surface area (Å²) in [4.78, 5) is 68.8. The predicted molar refractivity (Wildman–Crippen MR) is 101 cm³/mol. The van der Waals surface area contributed by atoms with E-state index < -0.39 is 73.1 Å². The van der Waals surface area contributed by atoms with Gasteiger partial charge < -0.3 is 37.0 Å². The number of carbonyl (C=O) groups excluding carboxylic acids is 3. The molecule has 0 saturated heterocycles. The van der Waals surface area contributed by atoms with E-state index in [9.17, 15) is 28.8 Å². The van der Waals surface area contributed by atoms with Gasteiger partial charge in [0.1, 0.15) is 12.1 Å². The molecule has 0 aliphatic carbocycles. The molecule has 30 heavy (non-hydrogen) atoms. The molecule has 0 aliphatic rings. The lowest BCUT2D eigenvalue weighted by Crippen LogP contribution is -2.55. The first kappa shape index (κ1) is 26.8. The van der Waals surface area contributed by atoms with Crippen molar-refractivity contribution >= 4 is 35.6 Å². The Morgan fingerprint density at radius 2 is 1.50 bits per heavy atom. The smallest absolute Gasteiger partial charge is 0.326 e. The topological polar surface area (TPSA) is 225 Å². The number of hydrogen-bond acceptors (Lipinski definition) is 7. The van der Waals surface area contributed by atoms with Gasteiger partial charge in [-0.2, -0.15) is 0 Å². The Labute approximate surface area is 172 Å². The summed E-state index contributed by atoms with van der Waals surface area (Å²) in [6.45, 7) is 2.81. The number of carboxylic acid groups (broad SMARTS) is 3. The maximum atomic E-state index is 12.2. The number of carbonyl (C=O) groups is 6. The van der Waals surface area contributed by atoms with Gasteiger partial charge in [0.25, 0.3) is 0 Å². The fourth-order valence-corrected chi connectivity index (χ4v) is 2.23. The summed E-state index contributed by atoms with van der Waals surface area (Å²) < 4.78 is 0. The van der Waals surface area contributed by atoms with E-state index >= 15 is 0 Å². The highest BCUT2D eigenvalue weighted by atomic mass is 16.4. The fraction of sp³-hybridized carbons (Fsp3) is 0.647. The Bertz CT molecular complexity index is 668. The van der Waals surface area contributed by atoms with Crippen LogP contribution in [0.25, 0.3) is 0 Å². The molecular weight excluding hydrogens is 404 g/mol. The first-order valence-corrected chi connectivity index (χ1v) is 9.18. The second kappa shape index (κ2) is 13.1. The molecule has 0 rings (SSSR count). The van der Waals surface area contributed by atoms with Crippen LogP contribution in [0.2, 0.25) is 0 Å². The second-order valence-corrected chi connectivity index (χ2v) is 6.68. The highest BCUT2D eigenvalue weighted by Gasteiger charge is 2.28. The predicted octanol–water partition coefficient (Wildman–Crippen LogP) is -2.13. The standard InChI is InChI=1S/C17H28N4O9/c1-3-8(2)14(18)16(28)21-10(6-13(25)26)15(27)19-7-11(22)20-9(17(29)30)4-5-12(23)24/h8-10,14H,3-7,18H2,1-2H3,(H,19,27)(H,20,22)(H,21,28)(H,23,24)(H,25,26)(H,29,30)/t8-,9-,10-,14-/m0/s1. The molecule has 0 saturated carbocycles. The molecule has 0 fully saturated rings. The van der Waals surface area contributed by atoms with Crippen LogP contribution in [0.5, 0.6) is 0 Å². The summed E-state index contributed by atoms with van der Waals surface area (Å²) in [6, 6.07) is -3.94. The fourth-order valence-electron chi connectivity index (χ4n) is 2.23. The molecule has 0 radical (unpaired) electrons. The molecule has 13 heteroatoms. The lowest BCUT2D eigenvalue weighted by atomic mass is 9.99. The molecule has 0 aromatic heterocycles. The van der Waals surface area contributed by atoms with Gasteiger partial charge in [0.05, 0.1) is 19.0 Å². The lowest BCUT2D eigenvalue weighted by Gasteiger charge is -2.22. The van der Waals surface area contributed by atoms with E-state index in [-0.39, 0.29) is 12.3 Å². The van der Waals surface area contributed by atoms with Crippen molar-refractivity contribution in [2.24, 2.45) is 11.7 Å². The SMILES string of the molecule is CC[C@H](C)[C@H](N)C(=O)N[C@@H](CC(=O)O)C(=O)NCC(=O)N[C@@H](CCC(=O)O)C(=O)O. The quantitative estimate of drug-likeness (QED) is 0.158. The minimum Gasteiger partial charge on any atom is -0.481 e. The lowest BCUT2D eigenvalue weighted by molar-refractivity contribution is -0.143. The van der Waals surface area contributed by atoms with Crippen molar-refractivity contribution in [2.45, 2.75) is 57.7 Å². The van der Waals surface area contributed by atoms with Crippen LogP contribution in [0.1, 0.15) is 39.5 Å². The summed E-state index contributed by atoms with van der Waals surface area (Å²) in [7, 11) is 0. The Kier molecular flexibility index (Phi) is 11.7. The number of hydrogen-bond donors (Lipinski definition) is 7. The molecule has 170 valence electrons. The molecule has 0 spiro atoms. The summed E-state index contributed by atoms with van der Waals surface area (Å²) in [5.41, 5.74) is 5.75. The van der Waals surface area contributed by atoms with E-state index in [1.807, 2.05) is 5.32 Å². The van der Waals surface area contributed by atoms with Gasteiger partial charge in [-0.1, -0.05) is 20.3 Å². The Balaban J connectivity index is 4.89. The van der Waals surface area contributed by atoms with Crippen LogP contribution in [0.15, 0.2) is 0 Å². The van der Waals surface area contributed by atoms with Gasteiger partial charge in [0.2, 0.25) is 17.7 Å². The van der Waals surface area contributed by atoms with E-state index in [2.05, 4.69) is 10.6 Å². The van der Waals surface area contributed by atoms with Crippen molar-refractivity contribution in [3.05, 3.63) is 0 Å². The average Bonchev–Trinajstić information content (AvgIpc) is 2.66. The van der Waals surface area contributed by atoms with Crippen molar-refractivity contribution in [3.63, 3.8) is 0 Å². The van der Waals surface area contributed by atoms with Gasteiger partial charge in [0.15, 0.2) is 0 Å². The number of carboxylic acids is 3. The van der Waals surface area contributed by atoms with E-state index in [1.165, 1.54) is 0 Å². The van der Waals surface area contributed by atoms with E-state index in [0.717, 1.165) is 0 Å². The zero-order valence-electron chi connectivity index (χ0n) is 16.7. The number of aliphatic carboxylic acids is 3. The molecule has 0 unspecified atom stereocenters. The Morgan fingerprint density at radius 3 is 1.97 bits per heavy atom. The minimum absolute atomic E-state index is 0.219. The molecule has 4 atom stereocenters.